The van der Waals surface area contributed by atoms with Crippen molar-refractivity contribution in [1.82, 2.24) is 0 Å². The molecule has 0 aliphatic rings. The summed E-state index contributed by atoms with van der Waals surface area (Å²) in [6.07, 6.45) is 1.23. The standard InChI is InChI=1S/C25H22N2O2S/c1-30(28,29)25-18-20(14-17-24(25)27-22-10-6-3-7-11-22)19-12-15-23(16-13-19)26-21-8-4-2-5-9-21/h2-18,26-27H,1H3. The Morgan fingerprint density at radius 3 is 1.63 bits per heavy atom. The van der Waals surface area contributed by atoms with Gasteiger partial charge >= 0.3 is 0 Å². The zero-order valence-electron chi connectivity index (χ0n) is 16.5. The molecule has 0 aromatic heterocycles. The first-order valence-corrected chi connectivity index (χ1v) is 11.5. The number of para-hydroxylation sites is 2. The lowest BCUT2D eigenvalue weighted by Gasteiger charge is -2.13. The molecule has 0 saturated heterocycles. The SMILES string of the molecule is CS(=O)(=O)c1cc(-c2ccc(Nc3ccccc3)cc2)ccc1Nc1ccccc1. The summed E-state index contributed by atoms with van der Waals surface area (Å²) >= 11 is 0. The van der Waals surface area contributed by atoms with E-state index in [4.69, 9.17) is 0 Å². The number of rotatable bonds is 6. The third kappa shape index (κ3) is 4.70. The van der Waals surface area contributed by atoms with Crippen molar-refractivity contribution in [1.29, 1.82) is 0 Å². The fourth-order valence-electron chi connectivity index (χ4n) is 3.22. The van der Waals surface area contributed by atoms with Crippen molar-refractivity contribution in [2.75, 3.05) is 16.9 Å². The maximum atomic E-state index is 12.4. The smallest absolute Gasteiger partial charge is 0.177 e. The highest BCUT2D eigenvalue weighted by atomic mass is 32.2. The second kappa shape index (κ2) is 8.43. The van der Waals surface area contributed by atoms with Crippen molar-refractivity contribution in [3.8, 4) is 11.1 Å². The molecule has 0 heterocycles. The van der Waals surface area contributed by atoms with Crippen molar-refractivity contribution in [2.24, 2.45) is 0 Å². The molecule has 0 radical (unpaired) electrons. The second-order valence-corrected chi connectivity index (χ2v) is 9.03. The normalized spacial score (nSPS) is 11.1. The average molecular weight is 415 g/mol. The van der Waals surface area contributed by atoms with Gasteiger partial charge in [-0.1, -0.05) is 54.6 Å². The molecule has 30 heavy (non-hydrogen) atoms. The van der Waals surface area contributed by atoms with Gasteiger partial charge in [0.05, 0.1) is 10.6 Å². The molecule has 150 valence electrons. The van der Waals surface area contributed by atoms with Crippen LogP contribution in [-0.4, -0.2) is 14.7 Å². The molecule has 0 atom stereocenters. The van der Waals surface area contributed by atoms with Crippen molar-refractivity contribution >= 4 is 32.6 Å². The van der Waals surface area contributed by atoms with Crippen LogP contribution >= 0.6 is 0 Å². The molecule has 0 saturated carbocycles. The summed E-state index contributed by atoms with van der Waals surface area (Å²) in [5.41, 5.74) is 5.18. The van der Waals surface area contributed by atoms with Gasteiger partial charge in [-0.3, -0.25) is 0 Å². The third-order valence-corrected chi connectivity index (χ3v) is 5.85. The Balaban J connectivity index is 1.63. The van der Waals surface area contributed by atoms with Crippen molar-refractivity contribution in [2.45, 2.75) is 4.90 Å². The molecule has 0 unspecified atom stereocenters. The lowest BCUT2D eigenvalue weighted by Crippen LogP contribution is -2.03. The first kappa shape index (κ1) is 19.7. The highest BCUT2D eigenvalue weighted by Gasteiger charge is 2.15. The van der Waals surface area contributed by atoms with E-state index < -0.39 is 9.84 Å². The maximum absolute atomic E-state index is 12.4. The van der Waals surface area contributed by atoms with Crippen molar-refractivity contribution < 1.29 is 8.42 Å². The minimum absolute atomic E-state index is 0.273. The molecule has 0 amide bonds. The number of anilines is 4. The minimum Gasteiger partial charge on any atom is -0.356 e. The van der Waals surface area contributed by atoms with Gasteiger partial charge in [-0.2, -0.15) is 0 Å². The summed E-state index contributed by atoms with van der Waals surface area (Å²) in [4.78, 5) is 0.273. The van der Waals surface area contributed by atoms with Gasteiger partial charge in [-0.25, -0.2) is 8.42 Å². The molecule has 4 rings (SSSR count). The lowest BCUT2D eigenvalue weighted by molar-refractivity contribution is 0.602. The molecule has 4 nitrogen and oxygen atoms in total. The van der Waals surface area contributed by atoms with E-state index in [1.807, 2.05) is 97.1 Å². The summed E-state index contributed by atoms with van der Waals surface area (Å²) in [5.74, 6) is 0. The second-order valence-electron chi connectivity index (χ2n) is 7.04. The van der Waals surface area contributed by atoms with Crippen LogP contribution in [-0.2, 0) is 9.84 Å². The van der Waals surface area contributed by atoms with Gasteiger partial charge in [0.1, 0.15) is 0 Å². The van der Waals surface area contributed by atoms with Crippen LogP contribution in [0.3, 0.4) is 0 Å². The minimum atomic E-state index is -3.41. The third-order valence-electron chi connectivity index (χ3n) is 4.71. The van der Waals surface area contributed by atoms with Crippen molar-refractivity contribution in [3.63, 3.8) is 0 Å². The van der Waals surface area contributed by atoms with E-state index in [0.717, 1.165) is 28.2 Å². The molecule has 5 heteroatoms. The molecule has 4 aromatic rings. The van der Waals surface area contributed by atoms with E-state index in [1.165, 1.54) is 6.26 Å². The number of hydrogen-bond acceptors (Lipinski definition) is 4. The van der Waals surface area contributed by atoms with Crippen LogP contribution in [0.25, 0.3) is 11.1 Å². The predicted octanol–water partition coefficient (Wildman–Crippen LogP) is 6.24. The molecular weight excluding hydrogens is 392 g/mol. The van der Waals surface area contributed by atoms with Crippen LogP contribution < -0.4 is 10.6 Å². The number of benzene rings is 4. The highest BCUT2D eigenvalue weighted by Crippen LogP contribution is 2.31. The van der Waals surface area contributed by atoms with Crippen LogP contribution in [0.4, 0.5) is 22.7 Å². The maximum Gasteiger partial charge on any atom is 0.177 e. The summed E-state index contributed by atoms with van der Waals surface area (Å²) in [6.45, 7) is 0. The highest BCUT2D eigenvalue weighted by molar-refractivity contribution is 7.90. The number of nitrogens with one attached hydrogen (secondary N) is 2. The van der Waals surface area contributed by atoms with E-state index >= 15 is 0 Å². The van der Waals surface area contributed by atoms with E-state index in [2.05, 4.69) is 10.6 Å². The Morgan fingerprint density at radius 2 is 1.07 bits per heavy atom. The van der Waals surface area contributed by atoms with Gasteiger partial charge in [0.15, 0.2) is 9.84 Å². The summed E-state index contributed by atoms with van der Waals surface area (Å²) in [7, 11) is -3.41. The Kier molecular flexibility index (Phi) is 5.55. The van der Waals surface area contributed by atoms with Crippen LogP contribution in [0.1, 0.15) is 0 Å². The van der Waals surface area contributed by atoms with Crippen LogP contribution in [0.15, 0.2) is 108 Å². The topological polar surface area (TPSA) is 58.2 Å². The van der Waals surface area contributed by atoms with Gasteiger partial charge in [-0.15, -0.1) is 0 Å². The quantitative estimate of drug-likeness (QED) is 0.392. The monoisotopic (exact) mass is 414 g/mol. The molecule has 4 aromatic carbocycles. The van der Waals surface area contributed by atoms with Crippen LogP contribution in [0.5, 0.6) is 0 Å². The molecule has 0 aliphatic carbocycles. The summed E-state index contributed by atoms with van der Waals surface area (Å²) in [6, 6.07) is 32.9. The average Bonchev–Trinajstić information content (AvgIpc) is 2.75. The van der Waals surface area contributed by atoms with Gasteiger partial charge < -0.3 is 10.6 Å². The van der Waals surface area contributed by atoms with E-state index in [9.17, 15) is 8.42 Å². The van der Waals surface area contributed by atoms with Gasteiger partial charge in [0, 0.05) is 23.3 Å². The molecule has 0 spiro atoms. The Hall–Kier alpha value is -3.57. The molecular formula is C25H22N2O2S. The summed E-state index contributed by atoms with van der Waals surface area (Å²) < 4.78 is 24.9. The fraction of sp³-hybridized carbons (Fsp3) is 0.0400. The Bertz CT molecular complexity index is 1240. The number of sulfone groups is 1. The molecule has 0 aliphatic heterocycles. The van der Waals surface area contributed by atoms with Gasteiger partial charge in [-0.05, 0) is 59.7 Å². The first-order chi connectivity index (χ1) is 14.5. The number of hydrogen-bond donors (Lipinski definition) is 2. The largest absolute Gasteiger partial charge is 0.356 e. The van der Waals surface area contributed by atoms with Gasteiger partial charge in [0.25, 0.3) is 0 Å². The zero-order valence-corrected chi connectivity index (χ0v) is 17.4. The molecule has 0 fully saturated rings. The van der Waals surface area contributed by atoms with Crippen LogP contribution in [0, 0.1) is 0 Å². The predicted molar refractivity (Wildman–Crippen MR) is 124 cm³/mol. The summed E-state index contributed by atoms with van der Waals surface area (Å²) in [5, 5.41) is 6.55. The van der Waals surface area contributed by atoms with Crippen molar-refractivity contribution in [3.05, 3.63) is 103 Å². The Morgan fingerprint density at radius 1 is 0.567 bits per heavy atom. The molecule has 2 N–H and O–H groups in total. The Labute approximate surface area is 177 Å². The van der Waals surface area contributed by atoms with Gasteiger partial charge in [0.2, 0.25) is 0 Å². The van der Waals surface area contributed by atoms with Crippen LogP contribution in [0.2, 0.25) is 0 Å². The van der Waals surface area contributed by atoms with E-state index in [1.54, 1.807) is 6.07 Å². The lowest BCUT2D eigenvalue weighted by atomic mass is 10.0. The van der Waals surface area contributed by atoms with E-state index in [-0.39, 0.29) is 4.90 Å². The first-order valence-electron chi connectivity index (χ1n) is 9.58. The molecule has 0 bridgehead atoms. The fourth-order valence-corrected chi connectivity index (χ4v) is 4.08. The zero-order chi connectivity index (χ0) is 21.0. The van der Waals surface area contributed by atoms with E-state index in [0.29, 0.717) is 5.69 Å².